The molecule has 0 aliphatic carbocycles. The molecule has 106 valence electrons. The molecule has 2 rings (SSSR count). The molecule has 0 bridgehead atoms. The number of likely N-dealkylation sites (tertiary alicyclic amines) is 1. The molecule has 1 aromatic rings. The first kappa shape index (κ1) is 14.9. The molecule has 0 aromatic heterocycles. The van der Waals surface area contributed by atoms with E-state index in [-0.39, 0.29) is 0 Å². The molecule has 0 radical (unpaired) electrons. The van der Waals surface area contributed by atoms with E-state index in [9.17, 15) is 0 Å². The third-order valence-corrected chi connectivity index (χ3v) is 4.69. The van der Waals surface area contributed by atoms with Gasteiger partial charge in [0.15, 0.2) is 0 Å². The van der Waals surface area contributed by atoms with Crippen molar-refractivity contribution in [3.63, 3.8) is 0 Å². The lowest BCUT2D eigenvalue weighted by Gasteiger charge is -2.29. The third-order valence-electron chi connectivity index (χ3n) is 4.07. The number of methoxy groups -OCH3 is 1. The first-order chi connectivity index (χ1) is 9.24. The molecular weight excluding hydrogens is 302 g/mol. The van der Waals surface area contributed by atoms with E-state index in [1.807, 2.05) is 0 Å². The van der Waals surface area contributed by atoms with Crippen LogP contribution in [0.25, 0.3) is 0 Å². The minimum atomic E-state index is 0.753. The number of hydrogen-bond acceptors (Lipinski definition) is 2. The summed E-state index contributed by atoms with van der Waals surface area (Å²) in [5.41, 5.74) is 1.37. The van der Waals surface area contributed by atoms with Gasteiger partial charge in [-0.25, -0.2) is 0 Å². The van der Waals surface area contributed by atoms with Gasteiger partial charge in [0.05, 0.1) is 11.6 Å². The fourth-order valence-corrected chi connectivity index (χ4v) is 3.54. The zero-order valence-electron chi connectivity index (χ0n) is 12.0. The Balaban J connectivity index is 2.07. The molecule has 0 saturated carbocycles. The van der Waals surface area contributed by atoms with Crippen LogP contribution in [0.3, 0.4) is 0 Å². The molecule has 0 amide bonds. The van der Waals surface area contributed by atoms with Gasteiger partial charge < -0.3 is 4.74 Å². The van der Waals surface area contributed by atoms with Gasteiger partial charge in [0, 0.05) is 12.6 Å². The second-order valence-corrected chi connectivity index (χ2v) is 6.21. The maximum Gasteiger partial charge on any atom is 0.133 e. The van der Waals surface area contributed by atoms with Crippen molar-refractivity contribution in [3.05, 3.63) is 28.2 Å². The molecule has 1 atom stereocenters. The molecule has 0 spiro atoms. The van der Waals surface area contributed by atoms with Crippen LogP contribution in [-0.2, 0) is 6.54 Å². The molecule has 3 heteroatoms. The first-order valence-electron chi connectivity index (χ1n) is 7.31. The largest absolute Gasteiger partial charge is 0.496 e. The van der Waals surface area contributed by atoms with Crippen LogP contribution in [0.5, 0.6) is 5.75 Å². The molecule has 1 aromatic carbocycles. The Morgan fingerprint density at radius 3 is 2.84 bits per heavy atom. The molecule has 1 unspecified atom stereocenters. The summed E-state index contributed by atoms with van der Waals surface area (Å²) in [5, 5.41) is 0. The fraction of sp³-hybridized carbons (Fsp3) is 0.625. The highest BCUT2D eigenvalue weighted by Crippen LogP contribution is 2.27. The van der Waals surface area contributed by atoms with Crippen molar-refractivity contribution >= 4 is 15.9 Å². The van der Waals surface area contributed by atoms with Crippen molar-refractivity contribution in [1.82, 2.24) is 4.90 Å². The van der Waals surface area contributed by atoms with Crippen LogP contribution in [0.15, 0.2) is 22.7 Å². The van der Waals surface area contributed by atoms with Crippen molar-refractivity contribution in [1.29, 1.82) is 0 Å². The molecule has 19 heavy (non-hydrogen) atoms. The van der Waals surface area contributed by atoms with E-state index < -0.39 is 0 Å². The summed E-state index contributed by atoms with van der Waals surface area (Å²) >= 11 is 3.58. The van der Waals surface area contributed by atoms with Gasteiger partial charge in [-0.2, -0.15) is 0 Å². The first-order valence-corrected chi connectivity index (χ1v) is 8.10. The molecule has 1 aliphatic rings. The lowest BCUT2D eigenvalue weighted by molar-refractivity contribution is 0.186. The van der Waals surface area contributed by atoms with E-state index in [1.165, 1.54) is 44.2 Å². The fourth-order valence-electron chi connectivity index (χ4n) is 2.95. The Hall–Kier alpha value is -0.540. The molecule has 0 N–H and O–H groups in total. The van der Waals surface area contributed by atoms with Gasteiger partial charge in [-0.05, 0) is 59.4 Å². The lowest BCUT2D eigenvalue weighted by atomic mass is 10.1. The number of halogens is 1. The van der Waals surface area contributed by atoms with Gasteiger partial charge in [0.25, 0.3) is 0 Å². The van der Waals surface area contributed by atoms with E-state index in [0.717, 1.165) is 22.8 Å². The van der Waals surface area contributed by atoms with Gasteiger partial charge in [0.2, 0.25) is 0 Å². The normalized spacial score (nSPS) is 21.1. The zero-order chi connectivity index (χ0) is 13.7. The van der Waals surface area contributed by atoms with Crippen LogP contribution >= 0.6 is 15.9 Å². The predicted molar refractivity (Wildman–Crippen MR) is 83.7 cm³/mol. The van der Waals surface area contributed by atoms with E-state index in [2.05, 4.69) is 46.0 Å². The van der Waals surface area contributed by atoms with E-state index >= 15 is 0 Å². The monoisotopic (exact) mass is 325 g/mol. The van der Waals surface area contributed by atoms with Gasteiger partial charge in [-0.1, -0.05) is 25.8 Å². The van der Waals surface area contributed by atoms with E-state index in [1.54, 1.807) is 7.11 Å². The Labute approximate surface area is 125 Å². The topological polar surface area (TPSA) is 12.5 Å². The second kappa shape index (κ2) is 7.30. The van der Waals surface area contributed by atoms with Gasteiger partial charge in [-0.15, -0.1) is 0 Å². The molecule has 1 heterocycles. The highest BCUT2D eigenvalue weighted by atomic mass is 79.9. The number of hydrogen-bond donors (Lipinski definition) is 0. The molecule has 2 nitrogen and oxygen atoms in total. The van der Waals surface area contributed by atoms with Crippen molar-refractivity contribution < 1.29 is 4.74 Å². The smallest absolute Gasteiger partial charge is 0.133 e. The summed E-state index contributed by atoms with van der Waals surface area (Å²) in [4.78, 5) is 2.65. The van der Waals surface area contributed by atoms with Crippen LogP contribution in [0.1, 0.15) is 44.6 Å². The van der Waals surface area contributed by atoms with Crippen LogP contribution in [0.4, 0.5) is 0 Å². The Morgan fingerprint density at radius 1 is 1.32 bits per heavy atom. The minimum absolute atomic E-state index is 0.753. The highest BCUT2D eigenvalue weighted by molar-refractivity contribution is 9.10. The van der Waals surface area contributed by atoms with Crippen LogP contribution in [0.2, 0.25) is 0 Å². The Bertz CT molecular complexity index is 408. The summed E-state index contributed by atoms with van der Waals surface area (Å²) in [7, 11) is 1.71. The Kier molecular flexibility index (Phi) is 5.71. The summed E-state index contributed by atoms with van der Waals surface area (Å²) in [6.45, 7) is 4.61. The zero-order valence-corrected chi connectivity index (χ0v) is 13.6. The SMILES string of the molecule is CCC1CCCCCN1Cc1ccc(OC)c(Br)c1. The standard InChI is InChI=1S/C16H24BrNO/c1-3-14-7-5-4-6-10-18(14)12-13-8-9-16(19-2)15(17)11-13/h8-9,11,14H,3-7,10,12H2,1-2H3. The maximum absolute atomic E-state index is 5.29. The van der Waals surface area contributed by atoms with Crippen molar-refractivity contribution in [2.75, 3.05) is 13.7 Å². The second-order valence-electron chi connectivity index (χ2n) is 5.35. The van der Waals surface area contributed by atoms with Gasteiger partial charge >= 0.3 is 0 Å². The van der Waals surface area contributed by atoms with Crippen LogP contribution in [0, 0.1) is 0 Å². The average Bonchev–Trinajstić information content (AvgIpc) is 2.64. The summed E-state index contributed by atoms with van der Waals surface area (Å²) in [5.74, 6) is 0.909. The summed E-state index contributed by atoms with van der Waals surface area (Å²) in [6.07, 6.45) is 6.74. The third kappa shape index (κ3) is 3.96. The van der Waals surface area contributed by atoms with Crippen LogP contribution < -0.4 is 4.74 Å². The summed E-state index contributed by atoms with van der Waals surface area (Å²) in [6, 6.07) is 7.18. The summed E-state index contributed by atoms with van der Waals surface area (Å²) < 4.78 is 6.34. The van der Waals surface area contributed by atoms with E-state index in [4.69, 9.17) is 4.74 Å². The van der Waals surface area contributed by atoms with Gasteiger partial charge in [-0.3, -0.25) is 4.90 Å². The van der Waals surface area contributed by atoms with Crippen molar-refractivity contribution in [3.8, 4) is 5.75 Å². The molecule has 1 saturated heterocycles. The molecule has 1 aliphatic heterocycles. The van der Waals surface area contributed by atoms with Crippen molar-refractivity contribution in [2.24, 2.45) is 0 Å². The lowest BCUT2D eigenvalue weighted by Crippen LogP contribution is -2.33. The van der Waals surface area contributed by atoms with E-state index in [0.29, 0.717) is 0 Å². The molecule has 1 fully saturated rings. The average molecular weight is 326 g/mol. The quantitative estimate of drug-likeness (QED) is 0.801. The number of benzene rings is 1. The maximum atomic E-state index is 5.29. The molecular formula is C16H24BrNO. The predicted octanol–water partition coefficient (Wildman–Crippen LogP) is 4.61. The number of rotatable bonds is 4. The Morgan fingerprint density at radius 2 is 2.16 bits per heavy atom. The minimum Gasteiger partial charge on any atom is -0.496 e. The van der Waals surface area contributed by atoms with Crippen LogP contribution in [-0.4, -0.2) is 24.6 Å². The van der Waals surface area contributed by atoms with Gasteiger partial charge in [0.1, 0.15) is 5.75 Å². The highest BCUT2D eigenvalue weighted by Gasteiger charge is 2.19. The number of ether oxygens (including phenoxy) is 1. The van der Waals surface area contributed by atoms with Crippen molar-refractivity contribution in [2.45, 2.75) is 51.6 Å². The number of nitrogens with zero attached hydrogens (tertiary/aromatic N) is 1.